The number of likely N-dealkylation sites (tertiary alicyclic amines) is 1. The smallest absolute Gasteiger partial charge is 0.255 e. The molecule has 0 aliphatic carbocycles. The van der Waals surface area contributed by atoms with Crippen LogP contribution in [0.1, 0.15) is 35.2 Å². The number of nitrogens with two attached hydrogens (primary N) is 1. The zero-order chi connectivity index (χ0) is 11.5. The summed E-state index contributed by atoms with van der Waals surface area (Å²) < 4.78 is 0. The van der Waals surface area contributed by atoms with Crippen LogP contribution in [0.4, 0.5) is 0 Å². The standard InChI is InChI=1S/C12H18N2OS/c1-9-7-16-8-11(9)12(15)14-5-3-2-4-10(14)6-13/h7-8,10H,2-6,13H2,1H3. The van der Waals surface area contributed by atoms with Crippen LogP contribution >= 0.6 is 11.3 Å². The second-order valence-electron chi connectivity index (χ2n) is 4.35. The van der Waals surface area contributed by atoms with Crippen molar-refractivity contribution in [2.24, 2.45) is 5.73 Å². The van der Waals surface area contributed by atoms with Crippen molar-refractivity contribution in [3.05, 3.63) is 21.9 Å². The molecule has 1 fully saturated rings. The van der Waals surface area contributed by atoms with Crippen LogP contribution < -0.4 is 5.73 Å². The molecule has 0 bridgehead atoms. The van der Waals surface area contributed by atoms with Crippen LogP contribution in [-0.4, -0.2) is 29.9 Å². The molecule has 88 valence electrons. The van der Waals surface area contributed by atoms with E-state index < -0.39 is 0 Å². The fraction of sp³-hybridized carbons (Fsp3) is 0.583. The van der Waals surface area contributed by atoms with Crippen molar-refractivity contribution in [1.82, 2.24) is 4.90 Å². The number of piperidine rings is 1. The van der Waals surface area contributed by atoms with Gasteiger partial charge in [0, 0.05) is 24.5 Å². The van der Waals surface area contributed by atoms with E-state index in [1.807, 2.05) is 22.6 Å². The van der Waals surface area contributed by atoms with Gasteiger partial charge in [0.15, 0.2) is 0 Å². The predicted molar refractivity (Wildman–Crippen MR) is 66.8 cm³/mol. The number of nitrogens with zero attached hydrogens (tertiary/aromatic N) is 1. The molecule has 0 saturated carbocycles. The van der Waals surface area contributed by atoms with Gasteiger partial charge in [-0.2, -0.15) is 11.3 Å². The maximum absolute atomic E-state index is 12.3. The molecule has 0 radical (unpaired) electrons. The van der Waals surface area contributed by atoms with E-state index in [0.717, 1.165) is 30.5 Å². The number of rotatable bonds is 2. The minimum absolute atomic E-state index is 0.161. The van der Waals surface area contributed by atoms with Crippen molar-refractivity contribution in [2.75, 3.05) is 13.1 Å². The summed E-state index contributed by atoms with van der Waals surface area (Å²) in [5, 5.41) is 3.97. The second-order valence-corrected chi connectivity index (χ2v) is 5.10. The average molecular weight is 238 g/mol. The fourth-order valence-electron chi connectivity index (χ4n) is 2.25. The number of carbonyl (C=O) groups excluding carboxylic acids is 1. The molecule has 1 aromatic heterocycles. The Morgan fingerprint density at radius 1 is 1.56 bits per heavy atom. The molecule has 1 atom stereocenters. The molecule has 1 aliphatic rings. The summed E-state index contributed by atoms with van der Waals surface area (Å²) in [6.07, 6.45) is 3.34. The Hall–Kier alpha value is -0.870. The van der Waals surface area contributed by atoms with E-state index in [1.165, 1.54) is 6.42 Å². The third-order valence-corrected chi connectivity index (χ3v) is 4.11. The van der Waals surface area contributed by atoms with Crippen molar-refractivity contribution in [3.8, 4) is 0 Å². The van der Waals surface area contributed by atoms with E-state index in [4.69, 9.17) is 5.73 Å². The van der Waals surface area contributed by atoms with E-state index in [9.17, 15) is 4.79 Å². The molecule has 3 nitrogen and oxygen atoms in total. The second kappa shape index (κ2) is 4.97. The van der Waals surface area contributed by atoms with Gasteiger partial charge in [0.2, 0.25) is 0 Å². The lowest BCUT2D eigenvalue weighted by molar-refractivity contribution is 0.0623. The van der Waals surface area contributed by atoms with Gasteiger partial charge in [-0.25, -0.2) is 0 Å². The third-order valence-electron chi connectivity index (χ3n) is 3.25. The number of amides is 1. The summed E-state index contributed by atoms with van der Waals surface area (Å²) >= 11 is 1.59. The van der Waals surface area contributed by atoms with Gasteiger partial charge >= 0.3 is 0 Å². The lowest BCUT2D eigenvalue weighted by Gasteiger charge is -2.35. The molecule has 1 saturated heterocycles. The summed E-state index contributed by atoms with van der Waals surface area (Å²) in [5.74, 6) is 0.161. The van der Waals surface area contributed by atoms with Gasteiger partial charge in [0.1, 0.15) is 0 Å². The van der Waals surface area contributed by atoms with Crippen molar-refractivity contribution in [3.63, 3.8) is 0 Å². The van der Waals surface area contributed by atoms with Gasteiger partial charge in [-0.3, -0.25) is 4.79 Å². The number of hydrogen-bond acceptors (Lipinski definition) is 3. The van der Waals surface area contributed by atoms with Crippen LogP contribution in [-0.2, 0) is 0 Å². The van der Waals surface area contributed by atoms with Gasteiger partial charge in [0.05, 0.1) is 5.56 Å². The Balaban J connectivity index is 2.17. The van der Waals surface area contributed by atoms with Gasteiger partial charge < -0.3 is 10.6 Å². The molecular weight excluding hydrogens is 220 g/mol. The van der Waals surface area contributed by atoms with E-state index in [2.05, 4.69) is 0 Å². The van der Waals surface area contributed by atoms with Crippen LogP contribution in [0, 0.1) is 6.92 Å². The zero-order valence-corrected chi connectivity index (χ0v) is 10.4. The average Bonchev–Trinajstić information content (AvgIpc) is 2.74. The van der Waals surface area contributed by atoms with E-state index >= 15 is 0 Å². The topological polar surface area (TPSA) is 46.3 Å². The normalized spacial score (nSPS) is 21.1. The van der Waals surface area contributed by atoms with E-state index in [1.54, 1.807) is 11.3 Å². The monoisotopic (exact) mass is 238 g/mol. The first-order valence-electron chi connectivity index (χ1n) is 5.78. The van der Waals surface area contributed by atoms with Gasteiger partial charge in [0.25, 0.3) is 5.91 Å². The van der Waals surface area contributed by atoms with Crippen LogP contribution in [0.5, 0.6) is 0 Å². The predicted octanol–water partition coefficient (Wildman–Crippen LogP) is 2.01. The number of carbonyl (C=O) groups is 1. The summed E-state index contributed by atoms with van der Waals surface area (Å²) in [6.45, 7) is 3.43. The Labute approximate surface area is 100 Å². The maximum atomic E-state index is 12.3. The summed E-state index contributed by atoms with van der Waals surface area (Å²) in [7, 11) is 0. The largest absolute Gasteiger partial charge is 0.334 e. The van der Waals surface area contributed by atoms with Gasteiger partial charge in [-0.15, -0.1) is 0 Å². The number of thiophene rings is 1. The van der Waals surface area contributed by atoms with Gasteiger partial charge in [-0.1, -0.05) is 0 Å². The highest BCUT2D eigenvalue weighted by molar-refractivity contribution is 7.08. The minimum Gasteiger partial charge on any atom is -0.334 e. The Morgan fingerprint density at radius 3 is 3.00 bits per heavy atom. The molecule has 1 amide bonds. The van der Waals surface area contributed by atoms with Crippen LogP contribution in [0.15, 0.2) is 10.8 Å². The van der Waals surface area contributed by atoms with E-state index in [0.29, 0.717) is 6.54 Å². The zero-order valence-electron chi connectivity index (χ0n) is 9.61. The lowest BCUT2D eigenvalue weighted by atomic mass is 10.0. The first-order valence-corrected chi connectivity index (χ1v) is 6.72. The van der Waals surface area contributed by atoms with E-state index in [-0.39, 0.29) is 11.9 Å². The van der Waals surface area contributed by atoms with Crippen molar-refractivity contribution < 1.29 is 4.79 Å². The molecular formula is C12H18N2OS. The SMILES string of the molecule is Cc1cscc1C(=O)N1CCCCC1CN. The maximum Gasteiger partial charge on any atom is 0.255 e. The highest BCUT2D eigenvalue weighted by Crippen LogP contribution is 2.22. The highest BCUT2D eigenvalue weighted by atomic mass is 32.1. The fourth-order valence-corrected chi connectivity index (χ4v) is 3.07. The van der Waals surface area contributed by atoms with Crippen LogP contribution in [0.3, 0.4) is 0 Å². The van der Waals surface area contributed by atoms with Crippen molar-refractivity contribution in [2.45, 2.75) is 32.2 Å². The molecule has 0 aromatic carbocycles. The van der Waals surface area contributed by atoms with Crippen LogP contribution in [0.25, 0.3) is 0 Å². The molecule has 1 unspecified atom stereocenters. The summed E-state index contributed by atoms with van der Waals surface area (Å²) in [4.78, 5) is 14.3. The Kier molecular flexibility index (Phi) is 3.61. The summed E-state index contributed by atoms with van der Waals surface area (Å²) in [5.41, 5.74) is 7.66. The molecule has 2 rings (SSSR count). The summed E-state index contributed by atoms with van der Waals surface area (Å²) in [6, 6.07) is 0.237. The van der Waals surface area contributed by atoms with Crippen molar-refractivity contribution in [1.29, 1.82) is 0 Å². The first kappa shape index (κ1) is 11.6. The molecule has 1 aliphatic heterocycles. The molecule has 2 N–H and O–H groups in total. The molecule has 0 spiro atoms. The Bertz CT molecular complexity index is 375. The Morgan fingerprint density at radius 2 is 2.38 bits per heavy atom. The molecule has 2 heterocycles. The van der Waals surface area contributed by atoms with Crippen molar-refractivity contribution >= 4 is 17.2 Å². The molecule has 1 aromatic rings. The quantitative estimate of drug-likeness (QED) is 0.856. The lowest BCUT2D eigenvalue weighted by Crippen LogP contribution is -2.47. The minimum atomic E-state index is 0.161. The third kappa shape index (κ3) is 2.13. The molecule has 16 heavy (non-hydrogen) atoms. The number of hydrogen-bond donors (Lipinski definition) is 1. The molecule has 4 heteroatoms. The first-order chi connectivity index (χ1) is 7.74. The number of aryl methyl sites for hydroxylation is 1. The van der Waals surface area contributed by atoms with Crippen LogP contribution in [0.2, 0.25) is 0 Å². The highest BCUT2D eigenvalue weighted by Gasteiger charge is 2.27. The van der Waals surface area contributed by atoms with Gasteiger partial charge in [-0.05, 0) is 37.1 Å².